The van der Waals surface area contributed by atoms with Crippen molar-refractivity contribution in [3.8, 4) is 21.9 Å². The molecule has 0 bridgehead atoms. The van der Waals surface area contributed by atoms with Crippen LogP contribution >= 0.6 is 11.3 Å². The van der Waals surface area contributed by atoms with E-state index >= 15 is 0 Å². The second-order valence-electron chi connectivity index (χ2n) is 10.8. The van der Waals surface area contributed by atoms with E-state index in [1.54, 1.807) is 4.90 Å². The van der Waals surface area contributed by atoms with Crippen LogP contribution in [0.1, 0.15) is 36.7 Å². The molecule has 6 nitrogen and oxygen atoms in total. The molecule has 0 spiro atoms. The Bertz CT molecular complexity index is 1450. The highest BCUT2D eigenvalue weighted by molar-refractivity contribution is 7.14. The van der Waals surface area contributed by atoms with Crippen molar-refractivity contribution in [3.63, 3.8) is 0 Å². The van der Waals surface area contributed by atoms with Crippen molar-refractivity contribution in [1.29, 1.82) is 0 Å². The standard InChI is InChI=1S/C33H34N2O4S/c1-33(2,3)39-32(37)34-19-20-35(25(23-34)22-24-12-6-4-7-13-24)31(36)28-18-21-40-30(28)27-16-10-11-17-29(27)38-26-14-8-5-9-15-26/h4-18,21,25H,19-20,22-23H2,1-3H3/t25-/m1/s1. The monoisotopic (exact) mass is 554 g/mol. The van der Waals surface area contributed by atoms with Crippen LogP contribution in [-0.4, -0.2) is 53.1 Å². The fourth-order valence-corrected chi connectivity index (χ4v) is 5.79. The lowest BCUT2D eigenvalue weighted by molar-refractivity contribution is 0.00441. The molecule has 0 saturated carbocycles. The summed E-state index contributed by atoms with van der Waals surface area (Å²) < 4.78 is 11.9. The zero-order chi connectivity index (χ0) is 28.1. The van der Waals surface area contributed by atoms with Crippen molar-refractivity contribution < 1.29 is 19.1 Å². The molecule has 206 valence electrons. The van der Waals surface area contributed by atoms with Crippen LogP contribution in [0.5, 0.6) is 11.5 Å². The molecule has 5 rings (SSSR count). The van der Waals surface area contributed by atoms with Crippen molar-refractivity contribution >= 4 is 23.3 Å². The van der Waals surface area contributed by atoms with E-state index in [2.05, 4.69) is 12.1 Å². The van der Waals surface area contributed by atoms with Crippen molar-refractivity contribution in [2.75, 3.05) is 19.6 Å². The Labute approximate surface area is 239 Å². The first kappa shape index (κ1) is 27.5. The average Bonchev–Trinajstić information content (AvgIpc) is 3.43. The van der Waals surface area contributed by atoms with E-state index in [4.69, 9.17) is 9.47 Å². The predicted octanol–water partition coefficient (Wildman–Crippen LogP) is 7.51. The van der Waals surface area contributed by atoms with E-state index in [1.807, 2.05) is 110 Å². The molecule has 7 heteroatoms. The maximum atomic E-state index is 14.2. The Hall–Kier alpha value is -4.10. The average molecular weight is 555 g/mol. The van der Waals surface area contributed by atoms with Gasteiger partial charge >= 0.3 is 6.09 Å². The quantitative estimate of drug-likeness (QED) is 0.247. The molecular weight excluding hydrogens is 520 g/mol. The Morgan fingerprint density at radius 2 is 1.55 bits per heavy atom. The molecule has 0 radical (unpaired) electrons. The van der Waals surface area contributed by atoms with Crippen molar-refractivity contribution in [3.05, 3.63) is 108 Å². The normalized spacial score (nSPS) is 15.5. The summed E-state index contributed by atoms with van der Waals surface area (Å²) in [6.07, 6.45) is 0.292. The fourth-order valence-electron chi connectivity index (χ4n) is 4.88. The number of carbonyl (C=O) groups is 2. The summed E-state index contributed by atoms with van der Waals surface area (Å²) in [5, 5.41) is 1.95. The van der Waals surface area contributed by atoms with Crippen LogP contribution in [0.15, 0.2) is 96.4 Å². The SMILES string of the molecule is CC(C)(C)OC(=O)N1CCN(C(=O)c2ccsc2-c2ccccc2Oc2ccccc2)[C@H](Cc2ccccc2)C1. The van der Waals surface area contributed by atoms with Gasteiger partial charge in [0.15, 0.2) is 0 Å². The number of rotatable bonds is 6. The molecule has 0 N–H and O–H groups in total. The summed E-state index contributed by atoms with van der Waals surface area (Å²) >= 11 is 1.52. The molecule has 2 amide bonds. The van der Waals surface area contributed by atoms with Crippen LogP contribution < -0.4 is 4.74 Å². The van der Waals surface area contributed by atoms with Crippen molar-refractivity contribution in [1.82, 2.24) is 9.80 Å². The van der Waals surface area contributed by atoms with Crippen LogP contribution in [0.3, 0.4) is 0 Å². The van der Waals surface area contributed by atoms with E-state index < -0.39 is 5.60 Å². The van der Waals surface area contributed by atoms with Gasteiger partial charge in [0.25, 0.3) is 5.91 Å². The van der Waals surface area contributed by atoms with Gasteiger partial charge in [0, 0.05) is 25.2 Å². The summed E-state index contributed by atoms with van der Waals surface area (Å²) in [5.74, 6) is 1.39. The minimum absolute atomic E-state index is 0.0458. The molecule has 2 heterocycles. The maximum absolute atomic E-state index is 14.2. The summed E-state index contributed by atoms with van der Waals surface area (Å²) in [6, 6.07) is 29.2. The van der Waals surface area contributed by atoms with Gasteiger partial charge in [0.1, 0.15) is 17.1 Å². The maximum Gasteiger partial charge on any atom is 0.410 e. The van der Waals surface area contributed by atoms with E-state index in [9.17, 15) is 9.59 Å². The lowest BCUT2D eigenvalue weighted by Crippen LogP contribution is -2.57. The number of thiophene rings is 1. The molecule has 40 heavy (non-hydrogen) atoms. The Morgan fingerprint density at radius 1 is 0.875 bits per heavy atom. The molecule has 1 atom stereocenters. The first-order chi connectivity index (χ1) is 19.3. The number of piperazine rings is 1. The van der Waals surface area contributed by atoms with Gasteiger partial charge in [-0.3, -0.25) is 4.79 Å². The first-order valence-corrected chi connectivity index (χ1v) is 14.4. The molecule has 0 aliphatic carbocycles. The zero-order valence-corrected chi connectivity index (χ0v) is 23.9. The highest BCUT2D eigenvalue weighted by Gasteiger charge is 2.36. The molecule has 4 aromatic rings. The van der Waals surface area contributed by atoms with Crippen LogP contribution in [0, 0.1) is 0 Å². The number of nitrogens with zero attached hydrogens (tertiary/aromatic N) is 2. The highest BCUT2D eigenvalue weighted by atomic mass is 32.1. The first-order valence-electron chi connectivity index (χ1n) is 13.5. The number of hydrogen-bond acceptors (Lipinski definition) is 5. The molecule has 0 unspecified atom stereocenters. The largest absolute Gasteiger partial charge is 0.457 e. The van der Waals surface area contributed by atoms with E-state index in [-0.39, 0.29) is 18.0 Å². The predicted molar refractivity (Wildman–Crippen MR) is 159 cm³/mol. The van der Waals surface area contributed by atoms with Gasteiger partial charge in [-0.25, -0.2) is 4.79 Å². The lowest BCUT2D eigenvalue weighted by Gasteiger charge is -2.42. The molecule has 1 saturated heterocycles. The Balaban J connectivity index is 1.43. The third-order valence-electron chi connectivity index (χ3n) is 6.71. The Morgan fingerprint density at radius 3 is 2.27 bits per heavy atom. The summed E-state index contributed by atoms with van der Waals surface area (Å²) in [6.45, 7) is 6.84. The molecule has 3 aromatic carbocycles. The van der Waals surface area contributed by atoms with Crippen LogP contribution in [0.2, 0.25) is 0 Å². The van der Waals surface area contributed by atoms with Crippen LogP contribution in [-0.2, 0) is 11.2 Å². The van der Waals surface area contributed by atoms with Crippen molar-refractivity contribution in [2.24, 2.45) is 0 Å². The third kappa shape index (κ3) is 6.54. The number of benzene rings is 3. The van der Waals surface area contributed by atoms with Gasteiger partial charge in [-0.2, -0.15) is 0 Å². The number of para-hydroxylation sites is 2. The Kier molecular flexibility index (Phi) is 8.21. The summed E-state index contributed by atoms with van der Waals surface area (Å²) in [4.78, 5) is 31.6. The van der Waals surface area contributed by atoms with E-state index in [0.29, 0.717) is 37.4 Å². The van der Waals surface area contributed by atoms with Crippen molar-refractivity contribution in [2.45, 2.75) is 38.8 Å². The fraction of sp³-hybridized carbons (Fsp3) is 0.273. The topological polar surface area (TPSA) is 59.1 Å². The van der Waals surface area contributed by atoms with Gasteiger partial charge in [0.2, 0.25) is 0 Å². The van der Waals surface area contributed by atoms with Gasteiger partial charge in [-0.1, -0.05) is 60.7 Å². The summed E-state index contributed by atoms with van der Waals surface area (Å²) in [7, 11) is 0. The van der Waals surface area contributed by atoms with Gasteiger partial charge < -0.3 is 19.3 Å². The minimum atomic E-state index is -0.584. The number of amides is 2. The lowest BCUT2D eigenvalue weighted by atomic mass is 10.0. The molecule has 1 fully saturated rings. The molecule has 1 aromatic heterocycles. The van der Waals surface area contributed by atoms with Crippen LogP contribution in [0.25, 0.3) is 10.4 Å². The van der Waals surface area contributed by atoms with E-state index in [1.165, 1.54) is 11.3 Å². The molecule has 1 aliphatic rings. The number of hydrogen-bond donors (Lipinski definition) is 0. The third-order valence-corrected chi connectivity index (χ3v) is 7.66. The van der Waals surface area contributed by atoms with Gasteiger partial charge in [-0.05, 0) is 68.5 Å². The zero-order valence-electron chi connectivity index (χ0n) is 23.1. The molecule has 1 aliphatic heterocycles. The second-order valence-corrected chi connectivity index (χ2v) is 11.8. The smallest absolute Gasteiger partial charge is 0.410 e. The number of ether oxygens (including phenoxy) is 2. The van der Waals surface area contributed by atoms with Crippen LogP contribution in [0.4, 0.5) is 4.79 Å². The number of carbonyl (C=O) groups excluding carboxylic acids is 2. The van der Waals surface area contributed by atoms with Gasteiger partial charge in [0.05, 0.1) is 16.5 Å². The molecular formula is C33H34N2O4S. The highest BCUT2D eigenvalue weighted by Crippen LogP contribution is 2.39. The van der Waals surface area contributed by atoms with Gasteiger partial charge in [-0.15, -0.1) is 11.3 Å². The van der Waals surface area contributed by atoms with E-state index in [0.717, 1.165) is 21.8 Å². The minimum Gasteiger partial charge on any atom is -0.457 e. The second kappa shape index (κ2) is 12.0. The summed E-state index contributed by atoms with van der Waals surface area (Å²) in [5.41, 5.74) is 2.04.